The number of unbranched alkanes of at least 4 members (excludes halogenated alkanes) is 12. The largest absolute Gasteiger partial charge is 1.00 e. The van der Waals surface area contributed by atoms with Crippen molar-refractivity contribution in [3.63, 3.8) is 0 Å². The zero-order valence-electron chi connectivity index (χ0n) is 17.9. The predicted molar refractivity (Wildman–Crippen MR) is 99.4 cm³/mol. The number of carbonyl (C=O) groups is 2. The number of hydrogen-bond donors (Lipinski definition) is 0. The van der Waals surface area contributed by atoms with Gasteiger partial charge in [-0.25, -0.2) is 0 Å². The summed E-state index contributed by atoms with van der Waals surface area (Å²) in [5, 5.41) is 20.5. The molecular formula is C22H32K2O4. The van der Waals surface area contributed by atoms with E-state index in [0.29, 0.717) is 0 Å². The van der Waals surface area contributed by atoms with Crippen LogP contribution in [0.1, 0.15) is 103 Å². The molecule has 0 spiro atoms. The Balaban J connectivity index is -0.00000312. The summed E-state index contributed by atoms with van der Waals surface area (Å²) in [6.07, 6.45) is 14.3. The van der Waals surface area contributed by atoms with Gasteiger partial charge in [0.1, 0.15) is 0 Å². The van der Waals surface area contributed by atoms with Crippen LogP contribution in [-0.2, 0) is 9.59 Å². The number of carboxylic acids is 2. The van der Waals surface area contributed by atoms with E-state index < -0.39 is 11.9 Å². The molecule has 0 N–H and O–H groups in total. The third-order valence-electron chi connectivity index (χ3n) is 4.10. The first-order valence-electron chi connectivity index (χ1n) is 9.98. The van der Waals surface area contributed by atoms with Crippen molar-refractivity contribution in [2.45, 2.75) is 103 Å². The van der Waals surface area contributed by atoms with Gasteiger partial charge < -0.3 is 19.8 Å². The maximum absolute atomic E-state index is 10.2. The molecular weight excluding hydrogens is 406 g/mol. The summed E-state index contributed by atoms with van der Waals surface area (Å²) in [5.41, 5.74) is 0. The minimum Gasteiger partial charge on any atom is -0.550 e. The normalized spacial score (nSPS) is 9.00. The SMILES string of the molecule is O=C([O-])CCCCCCCCC#CC#CCCCCCCCCC(=O)[O-].[K+].[K+]. The molecule has 28 heavy (non-hydrogen) atoms. The molecule has 0 aliphatic rings. The minimum absolute atomic E-state index is 0. The van der Waals surface area contributed by atoms with Gasteiger partial charge in [-0.2, -0.15) is 0 Å². The van der Waals surface area contributed by atoms with Gasteiger partial charge in [0, 0.05) is 24.8 Å². The van der Waals surface area contributed by atoms with E-state index in [0.717, 1.165) is 89.9 Å². The Hall–Kier alpha value is 1.33. The Bertz CT molecular complexity index is 452. The second-order valence-corrected chi connectivity index (χ2v) is 6.59. The average Bonchev–Trinajstić information content (AvgIpc) is 2.59. The summed E-state index contributed by atoms with van der Waals surface area (Å²) in [7, 11) is 0. The molecule has 146 valence electrons. The van der Waals surface area contributed by atoms with Crippen LogP contribution < -0.4 is 113 Å². The van der Waals surface area contributed by atoms with Gasteiger partial charge in [0.2, 0.25) is 0 Å². The van der Waals surface area contributed by atoms with Crippen molar-refractivity contribution in [2.24, 2.45) is 0 Å². The first-order valence-corrected chi connectivity index (χ1v) is 9.98. The third-order valence-corrected chi connectivity index (χ3v) is 4.10. The van der Waals surface area contributed by atoms with Gasteiger partial charge >= 0.3 is 103 Å². The van der Waals surface area contributed by atoms with E-state index in [1.165, 1.54) is 0 Å². The standard InChI is InChI=1S/C22H34O4.2K/c23-21(24)19-17-15-13-11-9-7-5-3-1-2-4-6-8-10-12-14-16-18-20-22(25)26;;/h5-20H2,(H,23,24)(H,25,26);;/q;2*+1/p-2. The number of aliphatic carboxylic acids is 2. The van der Waals surface area contributed by atoms with Crippen LogP contribution in [0.25, 0.3) is 0 Å². The molecule has 6 heteroatoms. The fourth-order valence-corrected chi connectivity index (χ4v) is 2.59. The Kier molecular flexibility index (Phi) is 34.4. The van der Waals surface area contributed by atoms with E-state index in [1.807, 2.05) is 0 Å². The maximum Gasteiger partial charge on any atom is 1.00 e. The van der Waals surface area contributed by atoms with Gasteiger partial charge in [-0.05, 0) is 50.4 Å². The van der Waals surface area contributed by atoms with Gasteiger partial charge in [0.15, 0.2) is 0 Å². The number of carbonyl (C=O) groups excluding carboxylic acids is 2. The van der Waals surface area contributed by atoms with Crippen molar-refractivity contribution >= 4 is 11.9 Å². The van der Waals surface area contributed by atoms with Crippen molar-refractivity contribution in [1.82, 2.24) is 0 Å². The summed E-state index contributed by atoms with van der Waals surface area (Å²) < 4.78 is 0. The Labute approximate surface area is 256 Å². The van der Waals surface area contributed by atoms with Crippen LogP contribution in [0.15, 0.2) is 0 Å². The third kappa shape index (κ3) is 32.0. The van der Waals surface area contributed by atoms with E-state index in [2.05, 4.69) is 23.7 Å². The first-order chi connectivity index (χ1) is 12.6. The topological polar surface area (TPSA) is 80.3 Å². The fraction of sp³-hybridized carbons (Fsp3) is 0.727. The number of hydrogen-bond acceptors (Lipinski definition) is 4. The van der Waals surface area contributed by atoms with E-state index in [4.69, 9.17) is 0 Å². The molecule has 0 aromatic carbocycles. The molecule has 0 aliphatic carbocycles. The molecule has 0 aromatic heterocycles. The van der Waals surface area contributed by atoms with Crippen LogP contribution in [0.3, 0.4) is 0 Å². The van der Waals surface area contributed by atoms with Gasteiger partial charge in [-0.1, -0.05) is 63.2 Å². The zero-order chi connectivity index (χ0) is 19.3. The molecule has 0 aliphatic heterocycles. The van der Waals surface area contributed by atoms with Crippen LogP contribution in [-0.4, -0.2) is 11.9 Å². The van der Waals surface area contributed by atoms with Gasteiger partial charge in [-0.3, -0.25) is 0 Å². The molecule has 0 unspecified atom stereocenters. The van der Waals surface area contributed by atoms with Gasteiger partial charge in [-0.15, -0.1) is 0 Å². The average molecular weight is 439 g/mol. The molecule has 0 bridgehead atoms. The van der Waals surface area contributed by atoms with Crippen LogP contribution in [0.4, 0.5) is 0 Å². The van der Waals surface area contributed by atoms with E-state index in [1.54, 1.807) is 0 Å². The summed E-state index contributed by atoms with van der Waals surface area (Å²) in [4.78, 5) is 20.5. The summed E-state index contributed by atoms with van der Waals surface area (Å²) in [6.45, 7) is 0. The molecule has 0 aromatic rings. The molecule has 0 atom stereocenters. The van der Waals surface area contributed by atoms with Crippen LogP contribution >= 0.6 is 0 Å². The molecule has 0 amide bonds. The molecule has 0 rings (SSSR count). The Morgan fingerprint density at radius 1 is 0.500 bits per heavy atom. The second-order valence-electron chi connectivity index (χ2n) is 6.59. The van der Waals surface area contributed by atoms with Crippen molar-refractivity contribution in [3.05, 3.63) is 0 Å². The van der Waals surface area contributed by atoms with Crippen molar-refractivity contribution < 1.29 is 123 Å². The number of carboxylic acid groups (broad SMARTS) is 2. The van der Waals surface area contributed by atoms with E-state index >= 15 is 0 Å². The quantitative estimate of drug-likeness (QED) is 0.144. The summed E-state index contributed by atoms with van der Waals surface area (Å²) >= 11 is 0. The molecule has 0 saturated heterocycles. The first kappa shape index (κ1) is 34.0. The van der Waals surface area contributed by atoms with Crippen LogP contribution in [0.2, 0.25) is 0 Å². The van der Waals surface area contributed by atoms with Crippen molar-refractivity contribution in [3.8, 4) is 23.7 Å². The fourth-order valence-electron chi connectivity index (χ4n) is 2.59. The Morgan fingerprint density at radius 2 is 0.786 bits per heavy atom. The Morgan fingerprint density at radius 3 is 1.11 bits per heavy atom. The monoisotopic (exact) mass is 438 g/mol. The van der Waals surface area contributed by atoms with Gasteiger partial charge in [0.05, 0.1) is 0 Å². The minimum atomic E-state index is -0.952. The van der Waals surface area contributed by atoms with Crippen LogP contribution in [0.5, 0.6) is 0 Å². The predicted octanol–water partition coefficient (Wildman–Crippen LogP) is -3.26. The zero-order valence-corrected chi connectivity index (χ0v) is 24.2. The second kappa shape index (κ2) is 28.3. The molecule has 0 heterocycles. The summed E-state index contributed by atoms with van der Waals surface area (Å²) in [5.74, 6) is 10.0. The molecule has 0 saturated carbocycles. The molecule has 0 radical (unpaired) electrons. The maximum atomic E-state index is 10.2. The smallest absolute Gasteiger partial charge is 0.550 e. The van der Waals surface area contributed by atoms with Gasteiger partial charge in [0.25, 0.3) is 0 Å². The molecule has 4 nitrogen and oxygen atoms in total. The molecule has 0 fully saturated rings. The van der Waals surface area contributed by atoms with Crippen molar-refractivity contribution in [1.29, 1.82) is 0 Å². The van der Waals surface area contributed by atoms with Crippen molar-refractivity contribution in [2.75, 3.05) is 0 Å². The summed E-state index contributed by atoms with van der Waals surface area (Å²) in [6, 6.07) is 0. The van der Waals surface area contributed by atoms with Crippen LogP contribution in [0, 0.1) is 23.7 Å². The number of rotatable bonds is 16. The van der Waals surface area contributed by atoms with E-state index in [-0.39, 0.29) is 116 Å². The van der Waals surface area contributed by atoms with E-state index in [9.17, 15) is 19.8 Å².